The van der Waals surface area contributed by atoms with Crippen molar-refractivity contribution >= 4 is 15.9 Å². The summed E-state index contributed by atoms with van der Waals surface area (Å²) in [6.07, 6.45) is 3.89. The van der Waals surface area contributed by atoms with E-state index in [0.29, 0.717) is 0 Å². The van der Waals surface area contributed by atoms with Crippen molar-refractivity contribution in [2.75, 3.05) is 0 Å². The zero-order valence-electron chi connectivity index (χ0n) is 7.54. The minimum Gasteiger partial charge on any atom is -0.324 e. The predicted molar refractivity (Wildman–Crippen MR) is 58.4 cm³/mol. The highest BCUT2D eigenvalue weighted by Crippen LogP contribution is 2.37. The van der Waals surface area contributed by atoms with Gasteiger partial charge in [-0.3, -0.25) is 0 Å². The first-order valence-electron chi connectivity index (χ1n) is 4.77. The van der Waals surface area contributed by atoms with Gasteiger partial charge in [-0.2, -0.15) is 0 Å². The van der Waals surface area contributed by atoms with E-state index in [1.165, 1.54) is 18.4 Å². The fourth-order valence-electron chi connectivity index (χ4n) is 1.62. The Kier molecular flexibility index (Phi) is 2.70. The Labute approximate surface area is 87.5 Å². The van der Waals surface area contributed by atoms with E-state index in [1.54, 1.807) is 0 Å². The molecule has 2 heteroatoms. The molecule has 0 heterocycles. The smallest absolute Gasteiger partial charge is 0.0308 e. The zero-order valence-corrected chi connectivity index (χ0v) is 9.13. The van der Waals surface area contributed by atoms with Crippen LogP contribution >= 0.6 is 15.9 Å². The number of hydrogen-bond donors (Lipinski definition) is 1. The fourth-order valence-corrected chi connectivity index (χ4v) is 2.19. The monoisotopic (exact) mass is 239 g/mol. The largest absolute Gasteiger partial charge is 0.324 e. The van der Waals surface area contributed by atoms with Crippen LogP contribution in [0.5, 0.6) is 0 Å². The summed E-state index contributed by atoms with van der Waals surface area (Å²) in [4.78, 5) is 0. The van der Waals surface area contributed by atoms with Crippen molar-refractivity contribution in [3.63, 3.8) is 0 Å². The van der Waals surface area contributed by atoms with Crippen LogP contribution in [-0.2, 0) is 0 Å². The number of hydrogen-bond acceptors (Lipinski definition) is 1. The minimum atomic E-state index is 0.211. The molecular weight excluding hydrogens is 226 g/mol. The summed E-state index contributed by atoms with van der Waals surface area (Å²) in [6.45, 7) is 0. The molecule has 0 spiro atoms. The number of benzene rings is 1. The van der Waals surface area contributed by atoms with Crippen LogP contribution in [0, 0.1) is 5.92 Å². The van der Waals surface area contributed by atoms with Crippen molar-refractivity contribution in [1.82, 2.24) is 0 Å². The van der Waals surface area contributed by atoms with Crippen LogP contribution in [0.3, 0.4) is 0 Å². The van der Waals surface area contributed by atoms with Crippen molar-refractivity contribution in [2.24, 2.45) is 11.7 Å². The van der Waals surface area contributed by atoms with Crippen LogP contribution in [0.25, 0.3) is 0 Å². The van der Waals surface area contributed by atoms with E-state index >= 15 is 0 Å². The third-order valence-electron chi connectivity index (χ3n) is 2.59. The van der Waals surface area contributed by atoms with Crippen molar-refractivity contribution in [3.05, 3.63) is 34.3 Å². The summed E-state index contributed by atoms with van der Waals surface area (Å²) < 4.78 is 1.14. The zero-order chi connectivity index (χ0) is 9.26. The highest BCUT2D eigenvalue weighted by molar-refractivity contribution is 9.10. The van der Waals surface area contributed by atoms with Crippen LogP contribution in [0.2, 0.25) is 0 Å². The molecule has 0 saturated heterocycles. The van der Waals surface area contributed by atoms with Gasteiger partial charge in [0.1, 0.15) is 0 Å². The second kappa shape index (κ2) is 3.81. The molecule has 0 aromatic heterocycles. The lowest BCUT2D eigenvalue weighted by Gasteiger charge is -2.12. The predicted octanol–water partition coefficient (Wildman–Crippen LogP) is 3.25. The SMILES string of the molecule is N[C@@H](CC1CC1)c1ccccc1Br. The molecule has 1 atom stereocenters. The summed E-state index contributed by atoms with van der Waals surface area (Å²) in [5.41, 5.74) is 7.35. The molecule has 0 amide bonds. The van der Waals surface area contributed by atoms with Gasteiger partial charge < -0.3 is 5.73 Å². The average Bonchev–Trinajstić information content (AvgIpc) is 2.89. The lowest BCUT2D eigenvalue weighted by molar-refractivity contribution is 0.595. The van der Waals surface area contributed by atoms with Crippen molar-refractivity contribution in [1.29, 1.82) is 0 Å². The van der Waals surface area contributed by atoms with E-state index in [1.807, 2.05) is 12.1 Å². The molecule has 13 heavy (non-hydrogen) atoms. The fraction of sp³-hybridized carbons (Fsp3) is 0.455. The van der Waals surface area contributed by atoms with Gasteiger partial charge in [0.2, 0.25) is 0 Å². The molecule has 0 radical (unpaired) electrons. The van der Waals surface area contributed by atoms with E-state index in [4.69, 9.17) is 5.73 Å². The van der Waals surface area contributed by atoms with Gasteiger partial charge in [-0.1, -0.05) is 47.0 Å². The third-order valence-corrected chi connectivity index (χ3v) is 3.31. The second-order valence-corrected chi connectivity index (χ2v) is 4.66. The lowest BCUT2D eigenvalue weighted by Crippen LogP contribution is -2.11. The Morgan fingerprint density at radius 3 is 2.69 bits per heavy atom. The number of halogens is 1. The highest BCUT2D eigenvalue weighted by Gasteiger charge is 2.24. The molecule has 2 rings (SSSR count). The third kappa shape index (κ3) is 2.32. The van der Waals surface area contributed by atoms with Gasteiger partial charge in [0.15, 0.2) is 0 Å². The van der Waals surface area contributed by atoms with Crippen LogP contribution < -0.4 is 5.73 Å². The van der Waals surface area contributed by atoms with Gasteiger partial charge in [0.25, 0.3) is 0 Å². The first kappa shape index (κ1) is 9.22. The van der Waals surface area contributed by atoms with Crippen LogP contribution in [0.4, 0.5) is 0 Å². The van der Waals surface area contributed by atoms with E-state index in [-0.39, 0.29) is 6.04 Å². The molecule has 2 N–H and O–H groups in total. The van der Waals surface area contributed by atoms with Gasteiger partial charge >= 0.3 is 0 Å². The van der Waals surface area contributed by atoms with Crippen LogP contribution in [0.1, 0.15) is 30.9 Å². The summed E-state index contributed by atoms with van der Waals surface area (Å²) >= 11 is 3.53. The summed E-state index contributed by atoms with van der Waals surface area (Å²) in [5.74, 6) is 0.891. The Morgan fingerprint density at radius 2 is 2.08 bits per heavy atom. The molecule has 1 nitrogen and oxygen atoms in total. The topological polar surface area (TPSA) is 26.0 Å². The lowest BCUT2D eigenvalue weighted by atomic mass is 10.0. The van der Waals surface area contributed by atoms with Crippen molar-refractivity contribution in [2.45, 2.75) is 25.3 Å². The van der Waals surface area contributed by atoms with Crippen molar-refractivity contribution in [3.8, 4) is 0 Å². The minimum absolute atomic E-state index is 0.211. The number of nitrogens with two attached hydrogens (primary N) is 1. The Balaban J connectivity index is 2.09. The van der Waals surface area contributed by atoms with E-state index in [9.17, 15) is 0 Å². The first-order chi connectivity index (χ1) is 6.27. The molecule has 1 aromatic rings. The average molecular weight is 240 g/mol. The molecule has 1 aromatic carbocycles. The maximum absolute atomic E-state index is 6.11. The quantitative estimate of drug-likeness (QED) is 0.862. The highest BCUT2D eigenvalue weighted by atomic mass is 79.9. The normalized spacial score (nSPS) is 18.6. The molecule has 0 bridgehead atoms. The maximum atomic E-state index is 6.11. The summed E-state index contributed by atoms with van der Waals surface area (Å²) in [7, 11) is 0. The van der Waals surface area contributed by atoms with E-state index < -0.39 is 0 Å². The molecule has 0 aliphatic heterocycles. The Bertz CT molecular complexity index is 294. The summed E-state index contributed by atoms with van der Waals surface area (Å²) in [6, 6.07) is 8.45. The second-order valence-electron chi connectivity index (χ2n) is 3.81. The van der Waals surface area contributed by atoms with Gasteiger partial charge in [-0.25, -0.2) is 0 Å². The van der Waals surface area contributed by atoms with Gasteiger partial charge in [0.05, 0.1) is 0 Å². The molecule has 0 unspecified atom stereocenters. The van der Waals surface area contributed by atoms with Crippen LogP contribution in [0.15, 0.2) is 28.7 Å². The Morgan fingerprint density at radius 1 is 1.38 bits per heavy atom. The number of rotatable bonds is 3. The molecule has 1 aliphatic rings. The molecule has 70 valence electrons. The molecular formula is C11H14BrN. The van der Waals surface area contributed by atoms with Gasteiger partial charge in [-0.15, -0.1) is 0 Å². The van der Waals surface area contributed by atoms with E-state index in [2.05, 4.69) is 28.1 Å². The first-order valence-corrected chi connectivity index (χ1v) is 5.56. The van der Waals surface area contributed by atoms with Crippen molar-refractivity contribution < 1.29 is 0 Å². The molecule has 1 aliphatic carbocycles. The van der Waals surface area contributed by atoms with Crippen LogP contribution in [-0.4, -0.2) is 0 Å². The standard InChI is InChI=1S/C11H14BrN/c12-10-4-2-1-3-9(10)11(13)7-8-5-6-8/h1-4,8,11H,5-7,13H2/t11-/m0/s1. The Hall–Kier alpha value is -0.340. The molecule has 1 saturated carbocycles. The summed E-state index contributed by atoms with van der Waals surface area (Å²) in [5, 5.41) is 0. The van der Waals surface area contributed by atoms with E-state index in [0.717, 1.165) is 16.8 Å². The van der Waals surface area contributed by atoms with Gasteiger partial charge in [0, 0.05) is 10.5 Å². The maximum Gasteiger partial charge on any atom is 0.0308 e. The van der Waals surface area contributed by atoms with Gasteiger partial charge in [-0.05, 0) is 24.0 Å². The molecule has 1 fully saturated rings.